The van der Waals surface area contributed by atoms with Gasteiger partial charge in [-0.05, 0) is 29.8 Å². The first kappa shape index (κ1) is 20.2. The van der Waals surface area contributed by atoms with Crippen LogP contribution in [-0.4, -0.2) is 67.0 Å². The normalized spacial score (nSPS) is 18.7. The average molecular weight is 413 g/mol. The minimum atomic E-state index is -0.648. The number of rotatable bonds is 5. The molecule has 1 fully saturated rings. The largest absolute Gasteiger partial charge is 0.485 e. The van der Waals surface area contributed by atoms with Crippen molar-refractivity contribution in [3.63, 3.8) is 0 Å². The van der Waals surface area contributed by atoms with Gasteiger partial charge in [0, 0.05) is 32.7 Å². The highest BCUT2D eigenvalue weighted by molar-refractivity contribution is 5.82. The molecule has 2 aromatic carbocycles. The number of nitrogens with one attached hydrogen (secondary N) is 1. The van der Waals surface area contributed by atoms with E-state index in [0.717, 1.165) is 5.56 Å². The number of hydrogen-bond donors (Lipinski definition) is 1. The quantitative estimate of drug-likeness (QED) is 0.803. The second kappa shape index (κ2) is 9.13. The van der Waals surface area contributed by atoms with E-state index >= 15 is 0 Å². The molecule has 1 saturated heterocycles. The summed E-state index contributed by atoms with van der Waals surface area (Å²) in [6, 6.07) is 13.3. The summed E-state index contributed by atoms with van der Waals surface area (Å²) in [5.74, 6) is 0.744. The van der Waals surface area contributed by atoms with Crippen LogP contribution in [0.2, 0.25) is 0 Å². The fourth-order valence-electron chi connectivity index (χ4n) is 3.53. The van der Waals surface area contributed by atoms with Gasteiger partial charge in [0.2, 0.25) is 12.0 Å². The summed E-state index contributed by atoms with van der Waals surface area (Å²) < 4.78 is 24.4. The molecule has 0 saturated carbocycles. The molecule has 1 N–H and O–H groups in total. The highest BCUT2D eigenvalue weighted by Crippen LogP contribution is 2.31. The molecule has 1 atom stereocenters. The van der Waals surface area contributed by atoms with Crippen LogP contribution in [0.4, 0.5) is 4.39 Å². The Bertz CT molecular complexity index is 898. The van der Waals surface area contributed by atoms with Crippen LogP contribution >= 0.6 is 0 Å². The van der Waals surface area contributed by atoms with Gasteiger partial charge in [-0.2, -0.15) is 0 Å². The molecule has 4 rings (SSSR count). The van der Waals surface area contributed by atoms with Gasteiger partial charge in [-0.3, -0.25) is 14.5 Å². The van der Waals surface area contributed by atoms with Gasteiger partial charge in [0.05, 0.1) is 6.54 Å². The van der Waals surface area contributed by atoms with E-state index in [1.165, 1.54) is 12.1 Å². The van der Waals surface area contributed by atoms with Gasteiger partial charge < -0.3 is 19.7 Å². The smallest absolute Gasteiger partial charge is 0.267 e. The van der Waals surface area contributed by atoms with Crippen molar-refractivity contribution in [2.24, 2.45) is 0 Å². The molecule has 2 amide bonds. The number of amides is 2. The minimum Gasteiger partial charge on any atom is -0.485 e. The number of para-hydroxylation sites is 2. The SMILES string of the molecule is O=C(CN1CCN(C(=O)[C@@H]2COc3ccccc3O2)CC1)NCc1ccc(F)cc1. The van der Waals surface area contributed by atoms with Crippen molar-refractivity contribution >= 4 is 11.8 Å². The zero-order valence-corrected chi connectivity index (χ0v) is 16.6. The zero-order chi connectivity index (χ0) is 20.9. The number of halogens is 1. The van der Waals surface area contributed by atoms with E-state index in [9.17, 15) is 14.0 Å². The van der Waals surface area contributed by atoms with Crippen molar-refractivity contribution in [1.29, 1.82) is 0 Å². The molecule has 2 aromatic rings. The first-order valence-corrected chi connectivity index (χ1v) is 9.99. The van der Waals surface area contributed by atoms with Crippen LogP contribution in [0.15, 0.2) is 48.5 Å². The summed E-state index contributed by atoms with van der Waals surface area (Å²) >= 11 is 0. The van der Waals surface area contributed by atoms with E-state index < -0.39 is 6.10 Å². The second-order valence-corrected chi connectivity index (χ2v) is 7.37. The summed E-state index contributed by atoms with van der Waals surface area (Å²) in [6.45, 7) is 3.11. The van der Waals surface area contributed by atoms with E-state index in [1.54, 1.807) is 23.1 Å². The number of piperazine rings is 1. The molecule has 0 spiro atoms. The number of ether oxygens (including phenoxy) is 2. The van der Waals surface area contributed by atoms with Gasteiger partial charge in [0.1, 0.15) is 12.4 Å². The van der Waals surface area contributed by atoms with Crippen molar-refractivity contribution in [1.82, 2.24) is 15.1 Å². The van der Waals surface area contributed by atoms with E-state index in [-0.39, 0.29) is 30.8 Å². The summed E-state index contributed by atoms with van der Waals surface area (Å²) in [4.78, 5) is 28.7. The van der Waals surface area contributed by atoms with Gasteiger partial charge in [-0.25, -0.2) is 4.39 Å². The molecule has 7 nitrogen and oxygen atoms in total. The summed E-state index contributed by atoms with van der Waals surface area (Å²) in [5, 5.41) is 2.84. The second-order valence-electron chi connectivity index (χ2n) is 7.37. The number of fused-ring (bicyclic) bond motifs is 1. The molecule has 0 bridgehead atoms. The molecule has 2 aliphatic heterocycles. The number of hydrogen-bond acceptors (Lipinski definition) is 5. The Morgan fingerprint density at radius 2 is 1.70 bits per heavy atom. The summed E-state index contributed by atoms with van der Waals surface area (Å²) in [7, 11) is 0. The van der Waals surface area contributed by atoms with Crippen LogP contribution in [-0.2, 0) is 16.1 Å². The molecular formula is C22H24FN3O4. The molecule has 158 valence electrons. The van der Waals surface area contributed by atoms with Gasteiger partial charge in [-0.1, -0.05) is 24.3 Å². The lowest BCUT2D eigenvalue weighted by Crippen LogP contribution is -2.55. The maximum Gasteiger partial charge on any atom is 0.267 e. The molecule has 8 heteroatoms. The molecule has 0 aromatic heterocycles. The Labute approximate surface area is 174 Å². The van der Waals surface area contributed by atoms with Gasteiger partial charge >= 0.3 is 0 Å². The number of benzene rings is 2. The molecular weight excluding hydrogens is 389 g/mol. The Kier molecular flexibility index (Phi) is 6.13. The Morgan fingerprint density at radius 3 is 2.43 bits per heavy atom. The molecule has 2 heterocycles. The predicted molar refractivity (Wildman–Crippen MR) is 108 cm³/mol. The van der Waals surface area contributed by atoms with Crippen molar-refractivity contribution in [2.75, 3.05) is 39.3 Å². The Balaban J connectivity index is 1.20. The maximum absolute atomic E-state index is 12.9. The van der Waals surface area contributed by atoms with Crippen LogP contribution in [0, 0.1) is 5.82 Å². The lowest BCUT2D eigenvalue weighted by molar-refractivity contribution is -0.143. The lowest BCUT2D eigenvalue weighted by atomic mass is 10.2. The van der Waals surface area contributed by atoms with Crippen LogP contribution in [0.5, 0.6) is 11.5 Å². The lowest BCUT2D eigenvalue weighted by Gasteiger charge is -2.36. The molecule has 0 unspecified atom stereocenters. The number of nitrogens with zero attached hydrogens (tertiary/aromatic N) is 2. The Morgan fingerprint density at radius 1 is 1.00 bits per heavy atom. The summed E-state index contributed by atoms with van der Waals surface area (Å²) in [5.41, 5.74) is 0.844. The van der Waals surface area contributed by atoms with Crippen LogP contribution < -0.4 is 14.8 Å². The van der Waals surface area contributed by atoms with E-state index in [0.29, 0.717) is 44.2 Å². The van der Waals surface area contributed by atoms with Crippen LogP contribution in [0.3, 0.4) is 0 Å². The number of carbonyl (C=O) groups excluding carboxylic acids is 2. The summed E-state index contributed by atoms with van der Waals surface area (Å²) in [6.07, 6.45) is -0.648. The third kappa shape index (κ3) is 4.88. The van der Waals surface area contributed by atoms with Crippen molar-refractivity contribution in [3.8, 4) is 11.5 Å². The van der Waals surface area contributed by atoms with Crippen molar-refractivity contribution < 1.29 is 23.5 Å². The standard InChI is InChI=1S/C22H24FN3O4/c23-17-7-5-16(6-8-17)13-24-21(27)14-25-9-11-26(12-10-25)22(28)20-15-29-18-3-1-2-4-19(18)30-20/h1-8,20H,9-15H2,(H,24,27)/t20-/m0/s1. The third-order valence-corrected chi connectivity index (χ3v) is 5.24. The van der Waals surface area contributed by atoms with Gasteiger partial charge in [0.25, 0.3) is 5.91 Å². The predicted octanol–water partition coefficient (Wildman–Crippen LogP) is 1.43. The van der Waals surface area contributed by atoms with Crippen molar-refractivity contribution in [2.45, 2.75) is 12.6 Å². The van der Waals surface area contributed by atoms with E-state index in [2.05, 4.69) is 5.32 Å². The van der Waals surface area contributed by atoms with Gasteiger partial charge in [0.15, 0.2) is 11.5 Å². The minimum absolute atomic E-state index is 0.0927. The molecule has 30 heavy (non-hydrogen) atoms. The molecule has 0 aliphatic carbocycles. The van der Waals surface area contributed by atoms with Crippen molar-refractivity contribution in [3.05, 3.63) is 59.9 Å². The first-order chi connectivity index (χ1) is 14.6. The monoisotopic (exact) mass is 413 g/mol. The molecule has 2 aliphatic rings. The van der Waals surface area contributed by atoms with Crippen LogP contribution in [0.25, 0.3) is 0 Å². The van der Waals surface area contributed by atoms with Gasteiger partial charge in [-0.15, -0.1) is 0 Å². The average Bonchev–Trinajstić information content (AvgIpc) is 2.78. The fraction of sp³-hybridized carbons (Fsp3) is 0.364. The number of carbonyl (C=O) groups is 2. The highest BCUT2D eigenvalue weighted by Gasteiger charge is 2.32. The molecule has 0 radical (unpaired) electrons. The first-order valence-electron chi connectivity index (χ1n) is 9.99. The topological polar surface area (TPSA) is 71.1 Å². The zero-order valence-electron chi connectivity index (χ0n) is 16.6. The Hall–Kier alpha value is -3.13. The van der Waals surface area contributed by atoms with E-state index in [1.807, 2.05) is 23.1 Å². The maximum atomic E-state index is 12.9. The fourth-order valence-corrected chi connectivity index (χ4v) is 3.53. The third-order valence-electron chi connectivity index (χ3n) is 5.24. The van der Waals surface area contributed by atoms with E-state index in [4.69, 9.17) is 9.47 Å². The van der Waals surface area contributed by atoms with Crippen LogP contribution in [0.1, 0.15) is 5.56 Å². The highest BCUT2D eigenvalue weighted by atomic mass is 19.1.